The highest BCUT2D eigenvalue weighted by molar-refractivity contribution is 4.98. The molecule has 1 unspecified atom stereocenters. The molecule has 0 aliphatic rings. The van der Waals surface area contributed by atoms with Gasteiger partial charge in [-0.1, -0.05) is 0 Å². The Morgan fingerprint density at radius 3 is 3.13 bits per heavy atom. The predicted octanol–water partition coefficient (Wildman–Crippen LogP) is 1.47. The van der Waals surface area contributed by atoms with E-state index in [0.29, 0.717) is 13.0 Å². The van der Waals surface area contributed by atoms with Gasteiger partial charge in [0.1, 0.15) is 5.76 Å². The highest BCUT2D eigenvalue weighted by atomic mass is 16.3. The molecule has 0 spiro atoms. The number of hydrogen-bond donors (Lipinski definition) is 1. The molecule has 1 N–H and O–H groups in total. The lowest BCUT2D eigenvalue weighted by Gasteiger charge is -2.09. The molecule has 0 aromatic carbocycles. The van der Waals surface area contributed by atoms with E-state index in [2.05, 4.69) is 4.98 Å². The van der Waals surface area contributed by atoms with Crippen LogP contribution in [0.3, 0.4) is 0 Å². The fourth-order valence-corrected chi connectivity index (χ4v) is 1.49. The van der Waals surface area contributed by atoms with Crippen molar-refractivity contribution in [2.45, 2.75) is 25.5 Å². The zero-order chi connectivity index (χ0) is 10.5. The number of nitrogens with zero attached hydrogens (tertiary/aromatic N) is 2. The molecule has 0 fully saturated rings. The molecule has 2 aromatic rings. The number of imidazole rings is 1. The topological polar surface area (TPSA) is 51.2 Å². The Bertz CT molecular complexity index is 367. The summed E-state index contributed by atoms with van der Waals surface area (Å²) in [6.07, 6.45) is 8.02. The first-order valence-corrected chi connectivity index (χ1v) is 5.01. The molecule has 0 radical (unpaired) electrons. The van der Waals surface area contributed by atoms with Crippen molar-refractivity contribution in [2.75, 3.05) is 0 Å². The lowest BCUT2D eigenvalue weighted by molar-refractivity contribution is 0.142. The molecule has 0 aliphatic heterocycles. The van der Waals surface area contributed by atoms with Crippen molar-refractivity contribution in [1.82, 2.24) is 9.55 Å². The van der Waals surface area contributed by atoms with Crippen LogP contribution in [-0.2, 0) is 13.0 Å². The molecular formula is C11H14N2O2. The summed E-state index contributed by atoms with van der Waals surface area (Å²) >= 11 is 0. The molecule has 1 atom stereocenters. The van der Waals surface area contributed by atoms with Crippen LogP contribution in [0.4, 0.5) is 0 Å². The van der Waals surface area contributed by atoms with Crippen molar-refractivity contribution < 1.29 is 9.52 Å². The van der Waals surface area contributed by atoms with Crippen molar-refractivity contribution in [3.8, 4) is 0 Å². The van der Waals surface area contributed by atoms with E-state index in [1.54, 1.807) is 18.8 Å². The first-order valence-electron chi connectivity index (χ1n) is 5.01. The fourth-order valence-electron chi connectivity index (χ4n) is 1.49. The number of rotatable bonds is 5. The van der Waals surface area contributed by atoms with Crippen LogP contribution in [0.5, 0.6) is 0 Å². The van der Waals surface area contributed by atoms with Gasteiger partial charge < -0.3 is 14.1 Å². The summed E-state index contributed by atoms with van der Waals surface area (Å²) in [5.74, 6) is 0.916. The van der Waals surface area contributed by atoms with E-state index >= 15 is 0 Å². The number of aryl methyl sites for hydroxylation is 1. The summed E-state index contributed by atoms with van der Waals surface area (Å²) in [6.45, 7) is 0.584. The van der Waals surface area contributed by atoms with Crippen LogP contribution < -0.4 is 0 Å². The van der Waals surface area contributed by atoms with Gasteiger partial charge in [0.05, 0.1) is 18.7 Å². The molecule has 2 aromatic heterocycles. The average Bonchev–Trinajstić information content (AvgIpc) is 2.86. The van der Waals surface area contributed by atoms with Gasteiger partial charge in [0.25, 0.3) is 0 Å². The summed E-state index contributed by atoms with van der Waals surface area (Å²) in [6, 6.07) is 3.78. The van der Waals surface area contributed by atoms with Gasteiger partial charge in [-0.05, 0) is 18.6 Å². The third kappa shape index (κ3) is 2.95. The van der Waals surface area contributed by atoms with Crippen LogP contribution >= 0.6 is 0 Å². The fraction of sp³-hybridized carbons (Fsp3) is 0.364. The standard InChI is InChI=1S/C11H14N2O2/c14-10(8-13-6-5-12-9-13)3-4-11-2-1-7-15-11/h1-2,5-7,9-10,14H,3-4,8H2. The van der Waals surface area contributed by atoms with Crippen molar-refractivity contribution in [3.05, 3.63) is 42.9 Å². The van der Waals surface area contributed by atoms with Gasteiger partial charge in [0, 0.05) is 25.4 Å². The molecule has 0 saturated carbocycles. The van der Waals surface area contributed by atoms with Gasteiger partial charge in [0.15, 0.2) is 0 Å². The molecule has 4 heteroatoms. The van der Waals surface area contributed by atoms with Crippen LogP contribution in [-0.4, -0.2) is 20.8 Å². The van der Waals surface area contributed by atoms with E-state index in [-0.39, 0.29) is 6.10 Å². The second-order valence-electron chi connectivity index (χ2n) is 3.53. The van der Waals surface area contributed by atoms with E-state index in [1.807, 2.05) is 22.9 Å². The second-order valence-corrected chi connectivity index (χ2v) is 3.53. The van der Waals surface area contributed by atoms with E-state index < -0.39 is 0 Å². The summed E-state index contributed by atoms with van der Waals surface area (Å²) in [4.78, 5) is 3.92. The van der Waals surface area contributed by atoms with Gasteiger partial charge in [-0.15, -0.1) is 0 Å². The van der Waals surface area contributed by atoms with Gasteiger partial charge in [-0.25, -0.2) is 4.98 Å². The zero-order valence-electron chi connectivity index (χ0n) is 8.41. The second kappa shape index (κ2) is 4.79. The Kier molecular flexibility index (Phi) is 3.19. The molecule has 15 heavy (non-hydrogen) atoms. The van der Waals surface area contributed by atoms with Crippen molar-refractivity contribution in [2.24, 2.45) is 0 Å². The summed E-state index contributed by atoms with van der Waals surface area (Å²) in [5.41, 5.74) is 0. The zero-order valence-corrected chi connectivity index (χ0v) is 8.41. The molecule has 0 bridgehead atoms. The smallest absolute Gasteiger partial charge is 0.103 e. The third-order valence-electron chi connectivity index (χ3n) is 2.28. The van der Waals surface area contributed by atoms with Gasteiger partial charge in [-0.3, -0.25) is 0 Å². The lowest BCUT2D eigenvalue weighted by Crippen LogP contribution is -2.15. The molecule has 2 rings (SSSR count). The van der Waals surface area contributed by atoms with E-state index in [9.17, 15) is 5.11 Å². The van der Waals surface area contributed by atoms with E-state index in [4.69, 9.17) is 4.42 Å². The van der Waals surface area contributed by atoms with Crippen LogP contribution in [0.1, 0.15) is 12.2 Å². The minimum Gasteiger partial charge on any atom is -0.469 e. The highest BCUT2D eigenvalue weighted by Gasteiger charge is 2.06. The number of aromatic nitrogens is 2. The van der Waals surface area contributed by atoms with Gasteiger partial charge in [-0.2, -0.15) is 0 Å². The quantitative estimate of drug-likeness (QED) is 0.806. The van der Waals surface area contributed by atoms with Gasteiger partial charge in [0.2, 0.25) is 0 Å². The SMILES string of the molecule is OC(CCc1ccco1)Cn1ccnc1. The summed E-state index contributed by atoms with van der Waals surface area (Å²) in [5, 5.41) is 9.73. The van der Waals surface area contributed by atoms with Crippen LogP contribution in [0.15, 0.2) is 41.5 Å². The highest BCUT2D eigenvalue weighted by Crippen LogP contribution is 2.07. The molecule has 0 saturated heterocycles. The Balaban J connectivity index is 1.76. The Morgan fingerprint density at radius 1 is 1.53 bits per heavy atom. The number of furan rings is 1. The van der Waals surface area contributed by atoms with Crippen LogP contribution in [0.2, 0.25) is 0 Å². The monoisotopic (exact) mass is 206 g/mol. The maximum absolute atomic E-state index is 9.73. The Labute approximate surface area is 88.2 Å². The molecule has 4 nitrogen and oxygen atoms in total. The first-order chi connectivity index (χ1) is 7.34. The number of aliphatic hydroxyl groups is 1. The average molecular weight is 206 g/mol. The summed E-state index contributed by atoms with van der Waals surface area (Å²) < 4.78 is 7.06. The largest absolute Gasteiger partial charge is 0.469 e. The lowest BCUT2D eigenvalue weighted by atomic mass is 10.1. The van der Waals surface area contributed by atoms with Gasteiger partial charge >= 0.3 is 0 Å². The van der Waals surface area contributed by atoms with Crippen LogP contribution in [0.25, 0.3) is 0 Å². The van der Waals surface area contributed by atoms with Crippen LogP contribution in [0, 0.1) is 0 Å². The molecule has 80 valence electrons. The van der Waals surface area contributed by atoms with E-state index in [0.717, 1.165) is 12.2 Å². The normalized spacial score (nSPS) is 12.9. The molecular weight excluding hydrogens is 192 g/mol. The van der Waals surface area contributed by atoms with Crippen molar-refractivity contribution in [3.63, 3.8) is 0 Å². The third-order valence-corrected chi connectivity index (χ3v) is 2.28. The summed E-state index contributed by atoms with van der Waals surface area (Å²) in [7, 11) is 0. The Hall–Kier alpha value is -1.55. The minimum atomic E-state index is -0.357. The number of hydrogen-bond acceptors (Lipinski definition) is 3. The molecule has 0 aliphatic carbocycles. The number of aliphatic hydroxyl groups excluding tert-OH is 1. The Morgan fingerprint density at radius 2 is 2.47 bits per heavy atom. The van der Waals surface area contributed by atoms with Crippen molar-refractivity contribution >= 4 is 0 Å². The maximum atomic E-state index is 9.73. The first kappa shape index (κ1) is 9.98. The molecule has 2 heterocycles. The molecule has 0 amide bonds. The minimum absolute atomic E-state index is 0.357. The maximum Gasteiger partial charge on any atom is 0.103 e. The predicted molar refractivity (Wildman–Crippen MR) is 55.3 cm³/mol. The van der Waals surface area contributed by atoms with Crippen molar-refractivity contribution in [1.29, 1.82) is 0 Å². The van der Waals surface area contributed by atoms with E-state index in [1.165, 1.54) is 0 Å².